The summed E-state index contributed by atoms with van der Waals surface area (Å²) in [6, 6.07) is 13.6. The molecule has 0 radical (unpaired) electrons. The third-order valence-corrected chi connectivity index (χ3v) is 5.60. The van der Waals surface area contributed by atoms with Crippen molar-refractivity contribution in [2.75, 3.05) is 11.9 Å². The van der Waals surface area contributed by atoms with Gasteiger partial charge in [-0.3, -0.25) is 19.3 Å². The second-order valence-corrected chi connectivity index (χ2v) is 8.01. The normalized spacial score (nSPS) is 17.3. The van der Waals surface area contributed by atoms with Crippen molar-refractivity contribution in [2.24, 2.45) is 4.99 Å². The summed E-state index contributed by atoms with van der Waals surface area (Å²) in [5.41, 5.74) is 1.05. The first-order valence-corrected chi connectivity index (χ1v) is 10.5. The summed E-state index contributed by atoms with van der Waals surface area (Å²) in [6.07, 6.45) is -0.0337. The van der Waals surface area contributed by atoms with Gasteiger partial charge >= 0.3 is 5.97 Å². The average molecular weight is 446 g/mol. The first-order valence-electron chi connectivity index (χ1n) is 9.27. The number of rotatable bonds is 6. The molecular weight excluding hydrogens is 426 g/mol. The number of anilines is 1. The molecular formula is C21H20ClN3O4S. The number of aliphatic imine (C=N–C) groups is 1. The Bertz CT molecular complexity index is 994. The van der Waals surface area contributed by atoms with Crippen molar-refractivity contribution in [3.05, 3.63) is 53.6 Å². The summed E-state index contributed by atoms with van der Waals surface area (Å²) in [4.78, 5) is 42.6. The van der Waals surface area contributed by atoms with Crippen LogP contribution in [0.5, 0.6) is 5.75 Å². The number of hydrogen-bond donors (Lipinski definition) is 1. The predicted molar refractivity (Wildman–Crippen MR) is 118 cm³/mol. The van der Waals surface area contributed by atoms with E-state index in [0.29, 0.717) is 28.1 Å². The Morgan fingerprint density at radius 2 is 1.90 bits per heavy atom. The monoisotopic (exact) mass is 445 g/mol. The molecule has 2 aromatic carbocycles. The van der Waals surface area contributed by atoms with Crippen molar-refractivity contribution in [3.8, 4) is 5.75 Å². The fourth-order valence-corrected chi connectivity index (χ4v) is 4.17. The van der Waals surface area contributed by atoms with Gasteiger partial charge in [-0.1, -0.05) is 35.5 Å². The highest BCUT2D eigenvalue weighted by Gasteiger charge is 2.38. The Morgan fingerprint density at radius 1 is 1.20 bits per heavy atom. The number of nitrogens with one attached hydrogen (secondary N) is 1. The lowest BCUT2D eigenvalue weighted by atomic mass is 10.2. The zero-order valence-corrected chi connectivity index (χ0v) is 18.0. The smallest absolute Gasteiger partial charge is 0.308 e. The SMILES string of the molecule is CCN1C(=O)[C@@H](CC(=O)Nc2ccccc2OC(C)=O)SC1=Nc1ccc(Cl)cc1. The van der Waals surface area contributed by atoms with Crippen LogP contribution in [0.4, 0.5) is 11.4 Å². The maximum atomic E-state index is 12.7. The number of amidine groups is 1. The number of benzene rings is 2. The summed E-state index contributed by atoms with van der Waals surface area (Å²) in [5.74, 6) is -0.758. The molecule has 30 heavy (non-hydrogen) atoms. The molecule has 0 spiro atoms. The van der Waals surface area contributed by atoms with Crippen molar-refractivity contribution in [1.82, 2.24) is 4.90 Å². The molecule has 0 unspecified atom stereocenters. The average Bonchev–Trinajstić information content (AvgIpc) is 2.99. The predicted octanol–water partition coefficient (Wildman–Crippen LogP) is 4.25. The Hall–Kier alpha value is -2.84. The second-order valence-electron chi connectivity index (χ2n) is 6.40. The standard InChI is InChI=1S/C21H20ClN3O4S/c1-3-25-20(28)18(30-21(25)23-15-10-8-14(22)9-11-15)12-19(27)24-16-6-4-5-7-17(16)29-13(2)26/h4-11,18H,3,12H2,1-2H3,(H,24,27)/t18-/m1/s1. The number of hydrogen-bond acceptors (Lipinski definition) is 6. The lowest BCUT2D eigenvalue weighted by Crippen LogP contribution is -2.33. The maximum Gasteiger partial charge on any atom is 0.308 e. The van der Waals surface area contributed by atoms with Crippen LogP contribution >= 0.6 is 23.4 Å². The highest BCUT2D eigenvalue weighted by Crippen LogP contribution is 2.32. The lowest BCUT2D eigenvalue weighted by molar-refractivity contribution is -0.132. The molecule has 7 nitrogen and oxygen atoms in total. The molecule has 2 amide bonds. The van der Waals surface area contributed by atoms with Crippen LogP contribution in [0.3, 0.4) is 0 Å². The molecule has 0 bridgehead atoms. The van der Waals surface area contributed by atoms with Gasteiger partial charge in [-0.2, -0.15) is 0 Å². The Morgan fingerprint density at radius 3 is 2.57 bits per heavy atom. The van der Waals surface area contributed by atoms with E-state index in [1.165, 1.54) is 18.7 Å². The van der Waals surface area contributed by atoms with Gasteiger partial charge in [-0.15, -0.1) is 0 Å². The fraction of sp³-hybridized carbons (Fsp3) is 0.238. The first-order chi connectivity index (χ1) is 14.4. The van der Waals surface area contributed by atoms with Gasteiger partial charge in [-0.25, -0.2) is 4.99 Å². The van der Waals surface area contributed by atoms with Crippen molar-refractivity contribution in [3.63, 3.8) is 0 Å². The van der Waals surface area contributed by atoms with Crippen LogP contribution in [-0.2, 0) is 14.4 Å². The minimum absolute atomic E-state index is 0.0337. The number of esters is 1. The van der Waals surface area contributed by atoms with Crippen LogP contribution < -0.4 is 10.1 Å². The zero-order chi connectivity index (χ0) is 21.7. The van der Waals surface area contributed by atoms with E-state index >= 15 is 0 Å². The van der Waals surface area contributed by atoms with Crippen LogP contribution in [0.25, 0.3) is 0 Å². The zero-order valence-electron chi connectivity index (χ0n) is 16.4. The van der Waals surface area contributed by atoms with Crippen LogP contribution in [0.2, 0.25) is 5.02 Å². The van der Waals surface area contributed by atoms with Crippen molar-refractivity contribution in [2.45, 2.75) is 25.5 Å². The lowest BCUT2D eigenvalue weighted by Gasteiger charge is -2.13. The Kier molecular flexibility index (Phi) is 7.12. The van der Waals surface area contributed by atoms with Gasteiger partial charge in [0, 0.05) is 24.9 Å². The number of halogens is 1. The molecule has 3 rings (SSSR count). The fourth-order valence-electron chi connectivity index (χ4n) is 2.83. The van der Waals surface area contributed by atoms with E-state index in [9.17, 15) is 14.4 Å². The second kappa shape index (κ2) is 9.77. The van der Waals surface area contributed by atoms with Gasteiger partial charge < -0.3 is 10.1 Å². The van der Waals surface area contributed by atoms with E-state index in [1.54, 1.807) is 53.4 Å². The summed E-state index contributed by atoms with van der Waals surface area (Å²) in [5, 5.41) is 3.27. The number of amides is 2. The molecule has 1 atom stereocenters. The van der Waals surface area contributed by atoms with E-state index in [-0.39, 0.29) is 24.0 Å². The van der Waals surface area contributed by atoms with Crippen molar-refractivity contribution < 1.29 is 19.1 Å². The first kappa shape index (κ1) is 21.9. The summed E-state index contributed by atoms with van der Waals surface area (Å²) in [7, 11) is 0. The highest BCUT2D eigenvalue weighted by atomic mass is 35.5. The molecule has 9 heteroatoms. The molecule has 1 heterocycles. The largest absolute Gasteiger partial charge is 0.424 e. The number of carbonyl (C=O) groups is 3. The molecule has 1 saturated heterocycles. The third-order valence-electron chi connectivity index (χ3n) is 4.17. The van der Waals surface area contributed by atoms with Crippen molar-refractivity contribution >= 4 is 57.7 Å². The molecule has 0 aliphatic carbocycles. The van der Waals surface area contributed by atoms with Crippen LogP contribution in [0, 0.1) is 0 Å². The third kappa shape index (κ3) is 5.40. The molecule has 1 aliphatic heterocycles. The minimum atomic E-state index is -0.586. The summed E-state index contributed by atoms with van der Waals surface area (Å²) < 4.78 is 5.10. The Balaban J connectivity index is 1.71. The maximum absolute atomic E-state index is 12.7. The van der Waals surface area contributed by atoms with Gasteiger partial charge in [0.2, 0.25) is 11.8 Å². The van der Waals surface area contributed by atoms with E-state index in [2.05, 4.69) is 10.3 Å². The van der Waals surface area contributed by atoms with Crippen LogP contribution in [0.15, 0.2) is 53.5 Å². The number of ether oxygens (including phenoxy) is 1. The van der Waals surface area contributed by atoms with Crippen molar-refractivity contribution in [1.29, 1.82) is 0 Å². The quantitative estimate of drug-likeness (QED) is 0.530. The van der Waals surface area contributed by atoms with Gasteiger partial charge in [-0.05, 0) is 43.3 Å². The minimum Gasteiger partial charge on any atom is -0.424 e. The van der Waals surface area contributed by atoms with E-state index in [4.69, 9.17) is 16.3 Å². The van der Waals surface area contributed by atoms with E-state index in [1.807, 2.05) is 6.92 Å². The molecule has 2 aromatic rings. The van der Waals surface area contributed by atoms with Crippen LogP contribution in [0.1, 0.15) is 20.3 Å². The molecule has 1 fully saturated rings. The van der Waals surface area contributed by atoms with E-state index in [0.717, 1.165) is 0 Å². The molecule has 0 saturated carbocycles. The van der Waals surface area contributed by atoms with Gasteiger partial charge in [0.25, 0.3) is 0 Å². The number of para-hydroxylation sites is 2. The highest BCUT2D eigenvalue weighted by molar-refractivity contribution is 8.15. The number of nitrogens with zero attached hydrogens (tertiary/aromatic N) is 2. The topological polar surface area (TPSA) is 88.1 Å². The number of thioether (sulfide) groups is 1. The molecule has 156 valence electrons. The van der Waals surface area contributed by atoms with Gasteiger partial charge in [0.1, 0.15) is 5.25 Å². The molecule has 1 aliphatic rings. The van der Waals surface area contributed by atoms with Gasteiger partial charge in [0.15, 0.2) is 10.9 Å². The molecule has 0 aromatic heterocycles. The van der Waals surface area contributed by atoms with E-state index < -0.39 is 11.2 Å². The summed E-state index contributed by atoms with van der Waals surface area (Å²) in [6.45, 7) is 3.59. The van der Waals surface area contributed by atoms with Gasteiger partial charge in [0.05, 0.1) is 11.4 Å². The summed E-state index contributed by atoms with van der Waals surface area (Å²) >= 11 is 7.15. The Labute approximate surface area is 183 Å². The van der Waals surface area contributed by atoms with Crippen LogP contribution in [-0.4, -0.2) is 39.6 Å². The number of carbonyl (C=O) groups excluding carboxylic acids is 3. The molecule has 1 N–H and O–H groups in total.